The summed E-state index contributed by atoms with van der Waals surface area (Å²) in [4.78, 5) is 15.8. The number of fused-ring (bicyclic) bond motifs is 4. The van der Waals surface area contributed by atoms with Gasteiger partial charge in [0.15, 0.2) is 0 Å². The Kier molecular flexibility index (Phi) is 5.48. The van der Waals surface area contributed by atoms with Crippen molar-refractivity contribution >= 4 is 18.3 Å². The van der Waals surface area contributed by atoms with Crippen LogP contribution in [0.5, 0.6) is 5.75 Å². The second-order valence-corrected chi connectivity index (χ2v) is 11.6. The summed E-state index contributed by atoms with van der Waals surface area (Å²) in [5.41, 5.74) is 4.24. The number of amides is 1. The third-order valence-corrected chi connectivity index (χ3v) is 9.61. The van der Waals surface area contributed by atoms with Gasteiger partial charge in [-0.1, -0.05) is 23.8 Å². The van der Waals surface area contributed by atoms with Gasteiger partial charge in [0.1, 0.15) is 5.75 Å². The predicted molar refractivity (Wildman–Crippen MR) is 137 cm³/mol. The van der Waals surface area contributed by atoms with Crippen LogP contribution in [0.4, 0.5) is 0 Å². The number of halogens is 1. The summed E-state index contributed by atoms with van der Waals surface area (Å²) < 4.78 is 6.99. The van der Waals surface area contributed by atoms with Gasteiger partial charge in [-0.3, -0.25) is 9.69 Å². The summed E-state index contributed by atoms with van der Waals surface area (Å²) >= 11 is 0. The smallest absolute Gasteiger partial charge is 0.251 e. The van der Waals surface area contributed by atoms with E-state index in [1.165, 1.54) is 30.5 Å². The van der Waals surface area contributed by atoms with Crippen molar-refractivity contribution in [2.24, 2.45) is 11.8 Å². The minimum atomic E-state index is -0.332. The van der Waals surface area contributed by atoms with Gasteiger partial charge in [-0.15, -0.1) is 12.4 Å². The molecule has 5 atom stereocenters. The number of hydrogen-bond donors (Lipinski definition) is 2. The Morgan fingerprint density at radius 3 is 2.71 bits per heavy atom. The summed E-state index contributed by atoms with van der Waals surface area (Å²) in [6.45, 7) is 4.89. The lowest BCUT2D eigenvalue weighted by Gasteiger charge is -2.60. The van der Waals surface area contributed by atoms with Crippen molar-refractivity contribution in [1.82, 2.24) is 10.2 Å². The number of carbonyl (C=O) groups excluding carboxylic acids is 1. The molecule has 186 valence electrons. The van der Waals surface area contributed by atoms with Crippen molar-refractivity contribution in [3.05, 3.63) is 64.7 Å². The van der Waals surface area contributed by atoms with Gasteiger partial charge in [0, 0.05) is 24.6 Å². The average Bonchev–Trinajstić information content (AvgIpc) is 3.48. The normalized spacial score (nSPS) is 34.6. The van der Waals surface area contributed by atoms with E-state index in [2.05, 4.69) is 16.3 Å². The SMILES string of the molecule is Cc1ccc(C(=O)NC[C@]23CCC(O2)C24Cc5ccc(O)cc5C(CCN2CC2CC2)C43)cc1.Cl. The van der Waals surface area contributed by atoms with E-state index in [0.29, 0.717) is 29.7 Å². The zero-order chi connectivity index (χ0) is 23.1. The average molecular weight is 495 g/mol. The van der Waals surface area contributed by atoms with E-state index in [1.807, 2.05) is 43.3 Å². The molecule has 0 radical (unpaired) electrons. The van der Waals surface area contributed by atoms with Crippen molar-refractivity contribution in [2.45, 2.75) is 68.6 Å². The summed E-state index contributed by atoms with van der Waals surface area (Å²) in [7, 11) is 0. The van der Waals surface area contributed by atoms with Crippen LogP contribution >= 0.6 is 12.4 Å². The Labute approximate surface area is 213 Å². The number of carbonyl (C=O) groups is 1. The van der Waals surface area contributed by atoms with Crippen molar-refractivity contribution in [2.75, 3.05) is 19.6 Å². The molecule has 7 rings (SSSR count). The van der Waals surface area contributed by atoms with E-state index >= 15 is 0 Å². The first-order chi connectivity index (χ1) is 16.5. The zero-order valence-electron chi connectivity index (χ0n) is 20.3. The van der Waals surface area contributed by atoms with Gasteiger partial charge < -0.3 is 15.2 Å². The van der Waals surface area contributed by atoms with Gasteiger partial charge in [-0.25, -0.2) is 0 Å². The standard InChI is InChI=1S/C29H34N2O3.ClH/c1-18-2-6-20(7-3-18)27(33)30-17-28-12-10-25(34-28)29-15-21-8-9-22(32)14-24(21)23(26(28)29)11-13-31(29)16-19-4-5-19;/h2-3,6-9,14,19,23,25-26,32H,4-5,10-13,15-17H2,1H3,(H,30,33);1H/t23?,25?,26?,28-,29?;/m0./s1. The number of benzene rings is 2. The van der Waals surface area contributed by atoms with Crippen molar-refractivity contribution in [1.29, 1.82) is 0 Å². The highest BCUT2D eigenvalue weighted by molar-refractivity contribution is 5.94. The van der Waals surface area contributed by atoms with Gasteiger partial charge in [0.05, 0.1) is 17.2 Å². The highest BCUT2D eigenvalue weighted by Gasteiger charge is 2.73. The molecule has 2 aromatic rings. The number of aryl methyl sites for hydroxylation is 1. The summed E-state index contributed by atoms with van der Waals surface area (Å²) in [6.07, 6.45) is 7.09. The van der Waals surface area contributed by atoms with Crippen molar-refractivity contribution in [3.8, 4) is 5.75 Å². The lowest BCUT2D eigenvalue weighted by Crippen LogP contribution is -2.70. The minimum absolute atomic E-state index is 0. The van der Waals surface area contributed by atoms with E-state index in [-0.39, 0.29) is 35.6 Å². The zero-order valence-corrected chi connectivity index (χ0v) is 21.2. The van der Waals surface area contributed by atoms with Crippen LogP contribution in [0.3, 0.4) is 0 Å². The number of nitrogens with one attached hydrogen (secondary N) is 1. The van der Waals surface area contributed by atoms with Gasteiger partial charge >= 0.3 is 0 Å². The maximum absolute atomic E-state index is 13.0. The maximum atomic E-state index is 13.0. The van der Waals surface area contributed by atoms with Crippen LogP contribution in [0.25, 0.3) is 0 Å². The molecule has 2 aromatic carbocycles. The number of nitrogens with zero attached hydrogens (tertiary/aromatic N) is 1. The van der Waals surface area contributed by atoms with Gasteiger partial charge in [0.2, 0.25) is 0 Å². The molecule has 4 bridgehead atoms. The van der Waals surface area contributed by atoms with Gasteiger partial charge in [0.25, 0.3) is 5.91 Å². The van der Waals surface area contributed by atoms with Crippen molar-refractivity contribution < 1.29 is 14.6 Å². The van der Waals surface area contributed by atoms with E-state index in [1.54, 1.807) is 0 Å². The van der Waals surface area contributed by atoms with Crippen LogP contribution in [-0.4, -0.2) is 52.8 Å². The second kappa shape index (κ2) is 8.22. The fourth-order valence-corrected chi connectivity index (χ4v) is 8.01. The molecule has 0 spiro atoms. The molecule has 2 N–H and O–H groups in total. The fraction of sp³-hybridized carbons (Fsp3) is 0.552. The molecule has 4 fully saturated rings. The highest BCUT2D eigenvalue weighted by Crippen LogP contribution is 2.66. The predicted octanol–water partition coefficient (Wildman–Crippen LogP) is 4.59. The number of aromatic hydroxyl groups is 1. The Balaban J connectivity index is 0.00000229. The Bertz CT molecular complexity index is 1150. The molecule has 35 heavy (non-hydrogen) atoms. The number of phenols is 1. The van der Waals surface area contributed by atoms with Crippen LogP contribution in [0.15, 0.2) is 42.5 Å². The largest absolute Gasteiger partial charge is 0.508 e. The monoisotopic (exact) mass is 494 g/mol. The summed E-state index contributed by atoms with van der Waals surface area (Å²) in [5.74, 6) is 1.89. The Hall–Kier alpha value is -2.08. The number of piperidine rings is 1. The molecule has 5 aliphatic rings. The highest BCUT2D eigenvalue weighted by atomic mass is 35.5. The maximum Gasteiger partial charge on any atom is 0.251 e. The van der Waals surface area contributed by atoms with Crippen LogP contribution in [-0.2, 0) is 11.2 Å². The van der Waals surface area contributed by atoms with E-state index < -0.39 is 0 Å². The molecular formula is C29H35ClN2O3. The van der Waals surface area contributed by atoms with Crippen LogP contribution in [0.1, 0.15) is 65.1 Å². The third-order valence-electron chi connectivity index (χ3n) is 9.61. The topological polar surface area (TPSA) is 61.8 Å². The minimum Gasteiger partial charge on any atom is -0.508 e. The Morgan fingerprint density at radius 2 is 1.94 bits per heavy atom. The molecule has 6 heteroatoms. The third kappa shape index (κ3) is 3.46. The fourth-order valence-electron chi connectivity index (χ4n) is 8.01. The molecular weight excluding hydrogens is 460 g/mol. The number of hydrogen-bond acceptors (Lipinski definition) is 4. The molecule has 3 aliphatic heterocycles. The van der Waals surface area contributed by atoms with Gasteiger partial charge in [-0.2, -0.15) is 0 Å². The quantitative estimate of drug-likeness (QED) is 0.638. The lowest BCUT2D eigenvalue weighted by molar-refractivity contribution is -0.0545. The molecule has 1 amide bonds. The summed E-state index contributed by atoms with van der Waals surface area (Å²) in [5, 5.41) is 13.6. The number of rotatable bonds is 5. The van der Waals surface area contributed by atoms with Crippen LogP contribution in [0.2, 0.25) is 0 Å². The molecule has 5 nitrogen and oxygen atoms in total. The Morgan fingerprint density at radius 1 is 1.14 bits per heavy atom. The number of likely N-dealkylation sites (tertiary alicyclic amines) is 1. The van der Waals surface area contributed by atoms with E-state index in [4.69, 9.17) is 4.74 Å². The van der Waals surface area contributed by atoms with Crippen LogP contribution in [0, 0.1) is 18.8 Å². The van der Waals surface area contributed by atoms with Crippen molar-refractivity contribution in [3.63, 3.8) is 0 Å². The first kappa shape index (κ1) is 23.3. The molecule has 3 saturated heterocycles. The van der Waals surface area contributed by atoms with Gasteiger partial charge in [-0.05, 0) is 99.2 Å². The molecule has 4 unspecified atom stereocenters. The molecule has 0 aromatic heterocycles. The summed E-state index contributed by atoms with van der Waals surface area (Å²) in [6, 6.07) is 13.8. The van der Waals surface area contributed by atoms with E-state index in [9.17, 15) is 9.90 Å². The second-order valence-electron chi connectivity index (χ2n) is 11.6. The first-order valence-electron chi connectivity index (χ1n) is 13.1. The van der Waals surface area contributed by atoms with E-state index in [0.717, 1.165) is 43.7 Å². The molecule has 3 heterocycles. The first-order valence-corrected chi connectivity index (χ1v) is 13.1. The van der Waals surface area contributed by atoms with Crippen LogP contribution < -0.4 is 5.32 Å². The number of ether oxygens (including phenoxy) is 1. The molecule has 2 aliphatic carbocycles. The number of phenolic OH excluding ortho intramolecular Hbond substituents is 1. The molecule has 1 saturated carbocycles. The lowest BCUT2D eigenvalue weighted by atomic mass is 9.52.